The zero-order chi connectivity index (χ0) is 29.2. The molecule has 0 atom stereocenters. The maximum atomic E-state index is 13.7. The molecular weight excluding hydrogens is 500 g/mol. The molecule has 0 saturated carbocycles. The standard InChI is InChI=1S/C33H48N4O3/c1-8-18-35(6)19-9-10-29-30-23-27(33(39)36(20-15-24(2)3)21-16-25(4)5)17-22-37(30)34-31(29)32(38)26-11-13-28(40-7)14-12-26/h11-14,17,22-25H,8-10,15-16,18-21H2,1-7H3. The van der Waals surface area contributed by atoms with E-state index in [1.807, 2.05) is 23.2 Å². The topological polar surface area (TPSA) is 67.2 Å². The van der Waals surface area contributed by atoms with Crippen molar-refractivity contribution in [2.75, 3.05) is 40.3 Å². The number of aromatic nitrogens is 2. The van der Waals surface area contributed by atoms with Gasteiger partial charge in [0.1, 0.15) is 11.4 Å². The third-order valence-corrected chi connectivity index (χ3v) is 7.36. The highest BCUT2D eigenvalue weighted by Crippen LogP contribution is 2.24. The first-order valence-electron chi connectivity index (χ1n) is 14.8. The number of fused-ring (bicyclic) bond motifs is 1. The second-order valence-corrected chi connectivity index (χ2v) is 11.7. The minimum absolute atomic E-state index is 0.0432. The van der Waals surface area contributed by atoms with E-state index in [9.17, 15) is 9.59 Å². The van der Waals surface area contributed by atoms with Gasteiger partial charge in [-0.25, -0.2) is 4.52 Å². The van der Waals surface area contributed by atoms with Crippen LogP contribution in [0.1, 0.15) is 92.3 Å². The van der Waals surface area contributed by atoms with E-state index >= 15 is 0 Å². The Morgan fingerprint density at radius 3 is 2.15 bits per heavy atom. The van der Waals surface area contributed by atoms with Gasteiger partial charge in [-0.1, -0.05) is 34.6 Å². The SMILES string of the molecule is CCCN(C)CCCc1c(C(=O)c2ccc(OC)cc2)nn2ccc(C(=O)N(CCC(C)C)CCC(C)C)cc12. The van der Waals surface area contributed by atoms with Crippen molar-refractivity contribution in [1.29, 1.82) is 0 Å². The molecule has 1 aromatic carbocycles. The van der Waals surface area contributed by atoms with E-state index in [2.05, 4.69) is 46.6 Å². The number of pyridine rings is 1. The number of methoxy groups -OCH3 is 1. The van der Waals surface area contributed by atoms with Crippen molar-refractivity contribution in [1.82, 2.24) is 19.4 Å². The van der Waals surface area contributed by atoms with Crippen LogP contribution in [0.2, 0.25) is 0 Å². The van der Waals surface area contributed by atoms with E-state index in [1.54, 1.807) is 35.9 Å². The molecule has 0 aliphatic rings. The fraction of sp³-hybridized carbons (Fsp3) is 0.545. The summed E-state index contributed by atoms with van der Waals surface area (Å²) in [4.78, 5) is 31.7. The number of hydrogen-bond acceptors (Lipinski definition) is 5. The second kappa shape index (κ2) is 15.0. The summed E-state index contributed by atoms with van der Waals surface area (Å²) < 4.78 is 7.02. The van der Waals surface area contributed by atoms with Crippen LogP contribution in [0.5, 0.6) is 5.75 Å². The largest absolute Gasteiger partial charge is 0.497 e. The summed E-state index contributed by atoms with van der Waals surface area (Å²) in [7, 11) is 3.74. The van der Waals surface area contributed by atoms with Gasteiger partial charge < -0.3 is 14.5 Å². The minimum Gasteiger partial charge on any atom is -0.497 e. The third-order valence-electron chi connectivity index (χ3n) is 7.36. The number of nitrogens with zero attached hydrogens (tertiary/aromatic N) is 4. The van der Waals surface area contributed by atoms with Crippen molar-refractivity contribution in [2.45, 2.75) is 66.7 Å². The molecule has 3 aromatic rings. The number of benzene rings is 1. The quantitative estimate of drug-likeness (QED) is 0.194. The molecule has 7 heteroatoms. The van der Waals surface area contributed by atoms with E-state index in [0.717, 1.165) is 62.9 Å². The molecule has 1 amide bonds. The van der Waals surface area contributed by atoms with Crippen LogP contribution in [0.4, 0.5) is 0 Å². The van der Waals surface area contributed by atoms with Crippen LogP contribution < -0.4 is 4.74 Å². The normalized spacial score (nSPS) is 11.7. The van der Waals surface area contributed by atoms with Crippen LogP contribution in [0.3, 0.4) is 0 Å². The number of amides is 1. The van der Waals surface area contributed by atoms with Crippen LogP contribution in [0.15, 0.2) is 42.6 Å². The van der Waals surface area contributed by atoms with Crippen molar-refractivity contribution in [3.8, 4) is 5.75 Å². The highest BCUT2D eigenvalue weighted by Gasteiger charge is 2.23. The Morgan fingerprint density at radius 1 is 0.925 bits per heavy atom. The number of carbonyl (C=O) groups excluding carboxylic acids is 2. The van der Waals surface area contributed by atoms with Crippen molar-refractivity contribution in [2.24, 2.45) is 11.8 Å². The molecule has 218 valence electrons. The Balaban J connectivity index is 1.99. The lowest BCUT2D eigenvalue weighted by atomic mass is 10.00. The molecule has 0 bridgehead atoms. The highest BCUT2D eigenvalue weighted by molar-refractivity contribution is 6.09. The van der Waals surface area contributed by atoms with Crippen molar-refractivity contribution >= 4 is 17.2 Å². The number of hydrogen-bond donors (Lipinski definition) is 0. The van der Waals surface area contributed by atoms with Gasteiger partial charge in [-0.3, -0.25) is 9.59 Å². The van der Waals surface area contributed by atoms with Crippen LogP contribution in [0, 0.1) is 11.8 Å². The lowest BCUT2D eigenvalue weighted by Gasteiger charge is -2.24. The average molecular weight is 549 g/mol. The average Bonchev–Trinajstić information content (AvgIpc) is 3.30. The maximum absolute atomic E-state index is 13.7. The molecule has 0 fully saturated rings. The second-order valence-electron chi connectivity index (χ2n) is 11.7. The first kappa shape index (κ1) is 31.3. The van der Waals surface area contributed by atoms with Gasteiger partial charge >= 0.3 is 0 Å². The zero-order valence-electron chi connectivity index (χ0n) is 25.6. The van der Waals surface area contributed by atoms with Crippen molar-refractivity contribution in [3.63, 3.8) is 0 Å². The van der Waals surface area contributed by atoms with Gasteiger partial charge in [-0.2, -0.15) is 5.10 Å². The molecule has 0 N–H and O–H groups in total. The Labute approximate surface area is 240 Å². The maximum Gasteiger partial charge on any atom is 0.253 e. The molecule has 0 aliphatic heterocycles. The van der Waals surface area contributed by atoms with E-state index in [4.69, 9.17) is 9.84 Å². The number of carbonyl (C=O) groups is 2. The van der Waals surface area contributed by atoms with Crippen LogP contribution >= 0.6 is 0 Å². The van der Waals surface area contributed by atoms with Gasteiger partial charge in [0.15, 0.2) is 0 Å². The number of ether oxygens (including phenoxy) is 1. The Bertz CT molecular complexity index is 1230. The van der Waals surface area contributed by atoms with Gasteiger partial charge in [-0.15, -0.1) is 0 Å². The lowest BCUT2D eigenvalue weighted by molar-refractivity contribution is 0.0740. The molecule has 0 saturated heterocycles. The van der Waals surface area contributed by atoms with Crippen LogP contribution in [-0.4, -0.2) is 71.4 Å². The van der Waals surface area contributed by atoms with Crippen LogP contribution in [-0.2, 0) is 6.42 Å². The number of ketones is 1. The molecular formula is C33H48N4O3. The minimum atomic E-state index is -0.119. The lowest BCUT2D eigenvalue weighted by Crippen LogP contribution is -2.34. The van der Waals surface area contributed by atoms with Crippen molar-refractivity contribution < 1.29 is 14.3 Å². The van der Waals surface area contributed by atoms with E-state index in [-0.39, 0.29) is 11.7 Å². The van der Waals surface area contributed by atoms with Crippen molar-refractivity contribution in [3.05, 3.63) is 65.0 Å². The van der Waals surface area contributed by atoms with E-state index in [1.165, 1.54) is 0 Å². The summed E-state index contributed by atoms with van der Waals surface area (Å²) in [6.45, 7) is 14.4. The number of aryl methyl sites for hydroxylation is 1. The summed E-state index contributed by atoms with van der Waals surface area (Å²) in [5.41, 5.74) is 3.39. The Hall–Kier alpha value is -3.19. The molecule has 0 unspecified atom stereocenters. The number of rotatable bonds is 16. The highest BCUT2D eigenvalue weighted by atomic mass is 16.5. The van der Waals surface area contributed by atoms with Crippen LogP contribution in [0.25, 0.3) is 5.52 Å². The Morgan fingerprint density at radius 2 is 1.57 bits per heavy atom. The zero-order valence-corrected chi connectivity index (χ0v) is 25.6. The third kappa shape index (κ3) is 8.40. The monoisotopic (exact) mass is 548 g/mol. The summed E-state index contributed by atoms with van der Waals surface area (Å²) in [5.74, 6) is 1.67. The molecule has 0 spiro atoms. The summed E-state index contributed by atoms with van der Waals surface area (Å²) in [6, 6.07) is 10.9. The fourth-order valence-corrected chi connectivity index (χ4v) is 4.88. The fourth-order valence-electron chi connectivity index (χ4n) is 4.88. The molecule has 7 nitrogen and oxygen atoms in total. The summed E-state index contributed by atoms with van der Waals surface area (Å²) >= 11 is 0. The predicted molar refractivity (Wildman–Crippen MR) is 163 cm³/mol. The first-order chi connectivity index (χ1) is 19.1. The summed E-state index contributed by atoms with van der Waals surface area (Å²) in [5, 5.41) is 4.73. The van der Waals surface area contributed by atoms with E-state index < -0.39 is 0 Å². The molecule has 2 aromatic heterocycles. The molecule has 2 heterocycles. The van der Waals surface area contributed by atoms with Gasteiger partial charge in [0.2, 0.25) is 5.78 Å². The van der Waals surface area contributed by atoms with Gasteiger partial charge in [0, 0.05) is 36.0 Å². The smallest absolute Gasteiger partial charge is 0.253 e. The molecule has 0 radical (unpaired) electrons. The molecule has 3 rings (SSSR count). The van der Waals surface area contributed by atoms with Gasteiger partial charge in [0.05, 0.1) is 12.6 Å². The Kier molecular flexibility index (Phi) is 11.7. The van der Waals surface area contributed by atoms with Gasteiger partial charge in [-0.05, 0) is 100 Å². The summed E-state index contributed by atoms with van der Waals surface area (Å²) in [6.07, 6.45) is 6.46. The first-order valence-corrected chi connectivity index (χ1v) is 14.8. The predicted octanol–water partition coefficient (Wildman–Crippen LogP) is 6.38. The molecule has 40 heavy (non-hydrogen) atoms. The van der Waals surface area contributed by atoms with E-state index in [0.29, 0.717) is 40.8 Å². The van der Waals surface area contributed by atoms with Gasteiger partial charge in [0.25, 0.3) is 5.91 Å². The molecule has 0 aliphatic carbocycles.